The molecule has 3 rings (SSSR count). The first-order valence-corrected chi connectivity index (χ1v) is 10.4. The lowest BCUT2D eigenvalue weighted by Gasteiger charge is -2.07. The van der Waals surface area contributed by atoms with Gasteiger partial charge in [-0.25, -0.2) is 14.8 Å². The first kappa shape index (κ1) is 22.1. The van der Waals surface area contributed by atoms with Gasteiger partial charge in [-0.3, -0.25) is 9.59 Å². The summed E-state index contributed by atoms with van der Waals surface area (Å²) in [6.07, 6.45) is 0. The van der Waals surface area contributed by atoms with Gasteiger partial charge in [-0.05, 0) is 51.5 Å². The minimum Gasteiger partial charge on any atom is -0.462 e. The number of nitrogens with one attached hydrogen (secondary N) is 2. The second-order valence-electron chi connectivity index (χ2n) is 6.70. The van der Waals surface area contributed by atoms with Crippen LogP contribution in [0.2, 0.25) is 0 Å². The molecule has 0 aliphatic heterocycles. The van der Waals surface area contributed by atoms with Crippen LogP contribution in [0, 0.1) is 20.8 Å². The molecule has 0 radical (unpaired) electrons. The van der Waals surface area contributed by atoms with E-state index < -0.39 is 11.9 Å². The Hall–Kier alpha value is -3.59. The third-order valence-corrected chi connectivity index (χ3v) is 5.50. The molecule has 3 aromatic rings. The Balaban J connectivity index is 1.96. The fourth-order valence-corrected chi connectivity index (χ4v) is 4.06. The van der Waals surface area contributed by atoms with Gasteiger partial charge in [-0.2, -0.15) is 0 Å². The number of hydrogen-bond donors (Lipinski definition) is 2. The number of ether oxygens (including phenoxy) is 1. The number of anilines is 2. The van der Waals surface area contributed by atoms with Crippen molar-refractivity contribution < 1.29 is 19.1 Å². The molecule has 0 aliphatic carbocycles. The molecule has 2 aromatic heterocycles. The molecule has 0 saturated heterocycles. The third-order valence-electron chi connectivity index (χ3n) is 4.29. The molecule has 31 heavy (non-hydrogen) atoms. The first-order valence-electron chi connectivity index (χ1n) is 9.60. The number of benzene rings is 1. The molecule has 0 atom stereocenters. The molecular weight excluding hydrogens is 416 g/mol. The van der Waals surface area contributed by atoms with E-state index in [0.717, 1.165) is 11.3 Å². The fraction of sp³-hybridized carbons (Fsp3) is 0.227. The highest BCUT2D eigenvalue weighted by Gasteiger charge is 2.27. The van der Waals surface area contributed by atoms with Crippen molar-refractivity contribution >= 4 is 39.8 Å². The monoisotopic (exact) mass is 438 g/mol. The molecular formula is C22H22N4O4S. The van der Waals surface area contributed by atoms with Crippen LogP contribution in [0.4, 0.5) is 10.7 Å². The summed E-state index contributed by atoms with van der Waals surface area (Å²) >= 11 is 1.01. The number of rotatable bonds is 6. The summed E-state index contributed by atoms with van der Waals surface area (Å²) in [7, 11) is 0. The molecule has 1 aromatic carbocycles. The van der Waals surface area contributed by atoms with Crippen molar-refractivity contribution in [2.45, 2.75) is 27.7 Å². The van der Waals surface area contributed by atoms with Crippen LogP contribution in [0.5, 0.6) is 0 Å². The van der Waals surface area contributed by atoms with E-state index in [-0.39, 0.29) is 28.8 Å². The van der Waals surface area contributed by atoms with Gasteiger partial charge in [0.2, 0.25) is 0 Å². The zero-order valence-corrected chi connectivity index (χ0v) is 18.4. The minimum absolute atomic E-state index is 0.154. The molecule has 0 fully saturated rings. The van der Waals surface area contributed by atoms with Gasteiger partial charge in [0, 0.05) is 11.4 Å². The van der Waals surface area contributed by atoms with Crippen molar-refractivity contribution in [3.63, 3.8) is 0 Å². The number of aromatic nitrogens is 2. The Morgan fingerprint density at radius 2 is 1.71 bits per heavy atom. The van der Waals surface area contributed by atoms with E-state index in [2.05, 4.69) is 20.6 Å². The normalized spacial score (nSPS) is 10.5. The summed E-state index contributed by atoms with van der Waals surface area (Å²) in [5.41, 5.74) is 2.02. The zero-order chi connectivity index (χ0) is 22.5. The Morgan fingerprint density at radius 3 is 2.35 bits per heavy atom. The number of nitrogens with zero attached hydrogens (tertiary/aromatic N) is 2. The average molecular weight is 439 g/mol. The maximum atomic E-state index is 12.8. The summed E-state index contributed by atoms with van der Waals surface area (Å²) in [6.45, 7) is 6.95. The molecule has 2 N–H and O–H groups in total. The van der Waals surface area contributed by atoms with Gasteiger partial charge in [0.05, 0.1) is 17.0 Å². The van der Waals surface area contributed by atoms with Crippen LogP contribution in [0.25, 0.3) is 0 Å². The number of hydrogen-bond acceptors (Lipinski definition) is 7. The second-order valence-corrected chi connectivity index (χ2v) is 7.72. The number of thiophene rings is 1. The van der Waals surface area contributed by atoms with Gasteiger partial charge in [0.15, 0.2) is 0 Å². The molecule has 0 bridgehead atoms. The van der Waals surface area contributed by atoms with Crippen molar-refractivity contribution in [2.75, 3.05) is 17.2 Å². The molecule has 9 heteroatoms. The fourth-order valence-electron chi connectivity index (χ4n) is 2.98. The average Bonchev–Trinajstić information content (AvgIpc) is 3.04. The lowest BCUT2D eigenvalue weighted by molar-refractivity contribution is 0.0527. The van der Waals surface area contributed by atoms with Crippen LogP contribution in [-0.2, 0) is 4.74 Å². The highest BCUT2D eigenvalue weighted by Crippen LogP contribution is 2.34. The zero-order valence-electron chi connectivity index (χ0n) is 17.6. The van der Waals surface area contributed by atoms with Crippen LogP contribution >= 0.6 is 11.3 Å². The van der Waals surface area contributed by atoms with E-state index in [1.165, 1.54) is 0 Å². The van der Waals surface area contributed by atoms with E-state index in [1.54, 1.807) is 58.0 Å². The molecule has 0 aliphatic rings. The minimum atomic E-state index is -0.611. The molecule has 0 spiro atoms. The Kier molecular flexibility index (Phi) is 6.76. The van der Waals surface area contributed by atoms with E-state index in [1.807, 2.05) is 6.07 Å². The van der Waals surface area contributed by atoms with Gasteiger partial charge in [0.25, 0.3) is 11.8 Å². The first-order chi connectivity index (χ1) is 14.8. The van der Waals surface area contributed by atoms with Gasteiger partial charge in [0.1, 0.15) is 16.5 Å². The van der Waals surface area contributed by atoms with Gasteiger partial charge >= 0.3 is 5.97 Å². The molecule has 0 unspecified atom stereocenters. The molecule has 160 valence electrons. The highest BCUT2D eigenvalue weighted by atomic mass is 32.1. The lowest BCUT2D eigenvalue weighted by Crippen LogP contribution is -2.17. The van der Waals surface area contributed by atoms with Crippen molar-refractivity contribution in [3.8, 4) is 0 Å². The summed E-state index contributed by atoms with van der Waals surface area (Å²) < 4.78 is 5.15. The van der Waals surface area contributed by atoms with Gasteiger partial charge in [-0.15, -0.1) is 11.3 Å². The summed E-state index contributed by atoms with van der Waals surface area (Å²) in [6, 6.07) is 10.5. The van der Waals surface area contributed by atoms with Crippen LogP contribution in [0.1, 0.15) is 54.5 Å². The van der Waals surface area contributed by atoms with Crippen molar-refractivity contribution in [1.29, 1.82) is 0 Å². The molecule has 0 saturated carbocycles. The molecule has 2 amide bonds. The smallest absolute Gasteiger partial charge is 0.341 e. The Morgan fingerprint density at radius 1 is 1.00 bits per heavy atom. The Labute approximate surface area is 183 Å². The quantitative estimate of drug-likeness (QED) is 0.560. The summed E-state index contributed by atoms with van der Waals surface area (Å²) in [5, 5.41) is 5.74. The van der Waals surface area contributed by atoms with Crippen LogP contribution in [0.15, 0.2) is 36.4 Å². The number of aryl methyl sites for hydroxylation is 2. The topological polar surface area (TPSA) is 110 Å². The van der Waals surface area contributed by atoms with E-state index in [0.29, 0.717) is 27.6 Å². The lowest BCUT2D eigenvalue weighted by atomic mass is 10.1. The third kappa shape index (κ3) is 5.13. The van der Waals surface area contributed by atoms with Gasteiger partial charge in [-0.1, -0.05) is 18.2 Å². The second kappa shape index (κ2) is 9.48. The summed E-state index contributed by atoms with van der Waals surface area (Å²) in [5.74, 6) is -1.04. The Bertz CT molecular complexity index is 1120. The van der Waals surface area contributed by atoms with Crippen LogP contribution < -0.4 is 10.6 Å². The largest absolute Gasteiger partial charge is 0.462 e. The predicted molar refractivity (Wildman–Crippen MR) is 119 cm³/mol. The van der Waals surface area contributed by atoms with E-state index >= 15 is 0 Å². The number of esters is 1. The maximum Gasteiger partial charge on any atom is 0.341 e. The molecule has 2 heterocycles. The van der Waals surface area contributed by atoms with Crippen molar-refractivity contribution in [1.82, 2.24) is 9.97 Å². The highest BCUT2D eigenvalue weighted by molar-refractivity contribution is 7.19. The van der Waals surface area contributed by atoms with Crippen molar-refractivity contribution in [2.24, 2.45) is 0 Å². The predicted octanol–water partition coefficient (Wildman–Crippen LogP) is 4.14. The maximum absolute atomic E-state index is 12.8. The number of carbonyl (C=O) groups excluding carboxylic acids is 3. The van der Waals surface area contributed by atoms with Crippen LogP contribution in [-0.4, -0.2) is 34.4 Å². The van der Waals surface area contributed by atoms with Crippen molar-refractivity contribution in [3.05, 3.63) is 69.6 Å². The summed E-state index contributed by atoms with van der Waals surface area (Å²) in [4.78, 5) is 46.8. The molecule has 8 nitrogen and oxygen atoms in total. The van der Waals surface area contributed by atoms with Crippen LogP contribution in [0.3, 0.4) is 0 Å². The SMILES string of the molecule is CCOC(=O)c1c(NC(=O)c2cc(C)nc(C)n2)sc(C(=O)Nc2ccccc2)c1C. The number of para-hydroxylation sites is 1. The number of amides is 2. The van der Waals surface area contributed by atoms with E-state index in [4.69, 9.17) is 4.74 Å². The van der Waals surface area contributed by atoms with E-state index in [9.17, 15) is 14.4 Å². The van der Waals surface area contributed by atoms with Gasteiger partial charge < -0.3 is 15.4 Å². The standard InChI is InChI=1S/C22H22N4O4S/c1-5-30-22(29)17-13(3)18(20(28)25-15-9-7-6-8-10-15)31-21(17)26-19(27)16-11-12(2)23-14(4)24-16/h6-11H,5H2,1-4H3,(H,25,28)(H,26,27). The number of carbonyl (C=O) groups is 3.